The Morgan fingerprint density at radius 1 is 1.25 bits per heavy atom. The van der Waals surface area contributed by atoms with Gasteiger partial charge in [-0.05, 0) is 36.6 Å². The van der Waals surface area contributed by atoms with Gasteiger partial charge in [-0.1, -0.05) is 11.6 Å². The molecule has 1 N–H and O–H groups in total. The summed E-state index contributed by atoms with van der Waals surface area (Å²) in [5, 5.41) is 20.4. The molecular formula is C23H21ClFN5O2. The molecule has 0 spiro atoms. The minimum atomic E-state index is -0.417. The molecule has 1 aliphatic heterocycles. The number of aryl methyl sites for hydroxylation is 2. The van der Waals surface area contributed by atoms with Crippen LogP contribution in [0.3, 0.4) is 0 Å². The number of rotatable bonds is 2. The van der Waals surface area contributed by atoms with Crippen molar-refractivity contribution in [2.45, 2.75) is 18.9 Å². The first-order valence-electron chi connectivity index (χ1n) is 10.5. The van der Waals surface area contributed by atoms with Crippen molar-refractivity contribution in [1.82, 2.24) is 14.5 Å². The number of benzene rings is 1. The first kappa shape index (κ1) is 20.7. The molecule has 9 heteroatoms. The summed E-state index contributed by atoms with van der Waals surface area (Å²) in [7, 11) is 1.62. The average molecular weight is 454 g/mol. The summed E-state index contributed by atoms with van der Waals surface area (Å²) >= 11 is 6.14. The van der Waals surface area contributed by atoms with Crippen LogP contribution in [0.25, 0.3) is 11.0 Å². The van der Waals surface area contributed by atoms with Gasteiger partial charge >= 0.3 is 0 Å². The topological polar surface area (TPSA) is 85.4 Å². The number of nitrogens with zero attached hydrogens (tertiary/aromatic N) is 5. The molecule has 7 nitrogen and oxygen atoms in total. The lowest BCUT2D eigenvalue weighted by molar-refractivity contribution is 0.183. The fourth-order valence-corrected chi connectivity index (χ4v) is 5.24. The quantitative estimate of drug-likeness (QED) is 0.600. The number of hydrogen-bond acceptors (Lipinski definition) is 6. The molecule has 1 saturated heterocycles. The van der Waals surface area contributed by atoms with E-state index in [1.54, 1.807) is 19.2 Å². The van der Waals surface area contributed by atoms with Gasteiger partial charge in [0.15, 0.2) is 0 Å². The molecule has 32 heavy (non-hydrogen) atoms. The Morgan fingerprint density at radius 2 is 2.00 bits per heavy atom. The van der Waals surface area contributed by atoms with Gasteiger partial charge in [-0.15, -0.1) is 0 Å². The molecule has 0 amide bonds. The van der Waals surface area contributed by atoms with Crippen LogP contribution in [0, 0.1) is 17.1 Å². The Hall–Kier alpha value is -3.15. The molecule has 1 atom stereocenters. The standard InChI is InChI=1S/C23H21ClFN5O2/c1-28-17-4-5-19(24)27-21(17)22(15(12-26)23(28)32)30-8-6-29(7-9-30)16-3-2-13-10-14(25)11-18(31)20(13)16/h4-5,10-11,16,31H,2-3,6-9H2,1H3. The van der Waals surface area contributed by atoms with Gasteiger partial charge in [0.25, 0.3) is 5.56 Å². The number of fused-ring (bicyclic) bond motifs is 2. The number of aromatic nitrogens is 2. The van der Waals surface area contributed by atoms with E-state index in [1.807, 2.05) is 4.90 Å². The van der Waals surface area contributed by atoms with Crippen molar-refractivity contribution in [3.05, 3.63) is 62.3 Å². The maximum Gasteiger partial charge on any atom is 0.270 e. The molecule has 0 bridgehead atoms. The van der Waals surface area contributed by atoms with E-state index in [9.17, 15) is 19.6 Å². The van der Waals surface area contributed by atoms with Crippen LogP contribution < -0.4 is 10.5 Å². The van der Waals surface area contributed by atoms with Crippen molar-refractivity contribution < 1.29 is 9.50 Å². The van der Waals surface area contributed by atoms with Gasteiger partial charge in [-0.25, -0.2) is 9.37 Å². The van der Waals surface area contributed by atoms with E-state index < -0.39 is 5.82 Å². The van der Waals surface area contributed by atoms with Crippen molar-refractivity contribution in [2.75, 3.05) is 31.1 Å². The summed E-state index contributed by atoms with van der Waals surface area (Å²) in [5.74, 6) is -0.410. The Kier molecular flexibility index (Phi) is 5.03. The number of nitriles is 1. The summed E-state index contributed by atoms with van der Waals surface area (Å²) in [6.07, 6.45) is 1.55. The van der Waals surface area contributed by atoms with E-state index in [0.29, 0.717) is 48.1 Å². The van der Waals surface area contributed by atoms with Crippen molar-refractivity contribution in [1.29, 1.82) is 5.26 Å². The van der Waals surface area contributed by atoms with Crippen LogP contribution in [-0.2, 0) is 13.5 Å². The molecular weight excluding hydrogens is 433 g/mol. The largest absolute Gasteiger partial charge is 0.507 e. The highest BCUT2D eigenvalue weighted by molar-refractivity contribution is 6.29. The summed E-state index contributed by atoms with van der Waals surface area (Å²) in [6.45, 7) is 2.50. The normalized spacial score (nSPS) is 18.7. The molecule has 3 aromatic rings. The van der Waals surface area contributed by atoms with Crippen molar-refractivity contribution in [2.24, 2.45) is 7.05 Å². The molecule has 164 valence electrons. The van der Waals surface area contributed by atoms with Gasteiger partial charge in [0, 0.05) is 50.9 Å². The van der Waals surface area contributed by atoms with E-state index >= 15 is 0 Å². The van der Waals surface area contributed by atoms with Crippen LogP contribution >= 0.6 is 11.6 Å². The fraction of sp³-hybridized carbons (Fsp3) is 0.348. The maximum absolute atomic E-state index is 13.7. The monoisotopic (exact) mass is 453 g/mol. The van der Waals surface area contributed by atoms with Gasteiger partial charge in [0.1, 0.15) is 33.9 Å². The predicted molar refractivity (Wildman–Crippen MR) is 120 cm³/mol. The molecule has 1 aliphatic carbocycles. The Balaban J connectivity index is 1.48. The zero-order chi connectivity index (χ0) is 22.6. The third-order valence-corrected chi connectivity index (χ3v) is 6.80. The molecule has 0 saturated carbocycles. The number of pyridine rings is 2. The van der Waals surface area contributed by atoms with Gasteiger partial charge in [-0.2, -0.15) is 5.26 Å². The van der Waals surface area contributed by atoms with Crippen molar-refractivity contribution in [3.8, 4) is 11.8 Å². The van der Waals surface area contributed by atoms with Crippen LogP contribution in [0.5, 0.6) is 5.75 Å². The fourth-order valence-electron chi connectivity index (χ4n) is 5.09. The molecule has 5 rings (SSSR count). The Labute approximate surface area is 188 Å². The highest BCUT2D eigenvalue weighted by Gasteiger charge is 2.34. The minimum absolute atomic E-state index is 0.00749. The van der Waals surface area contributed by atoms with Gasteiger partial charge < -0.3 is 14.6 Å². The van der Waals surface area contributed by atoms with E-state index in [4.69, 9.17) is 11.6 Å². The molecule has 2 aromatic heterocycles. The first-order chi connectivity index (χ1) is 15.4. The zero-order valence-corrected chi connectivity index (χ0v) is 18.2. The third-order valence-electron chi connectivity index (χ3n) is 6.59. The molecule has 0 radical (unpaired) electrons. The molecule has 2 aliphatic rings. The van der Waals surface area contributed by atoms with Crippen LogP contribution in [0.15, 0.2) is 29.1 Å². The van der Waals surface area contributed by atoms with Crippen LogP contribution in [-0.4, -0.2) is 45.7 Å². The van der Waals surface area contributed by atoms with Gasteiger partial charge in [0.05, 0.1) is 11.2 Å². The average Bonchev–Trinajstić information content (AvgIpc) is 3.20. The number of phenols is 1. The molecule has 1 unspecified atom stereocenters. The Bertz CT molecular complexity index is 1340. The van der Waals surface area contributed by atoms with Crippen LogP contribution in [0.2, 0.25) is 5.15 Å². The number of halogens is 2. The summed E-state index contributed by atoms with van der Waals surface area (Å²) in [4.78, 5) is 21.6. The predicted octanol–water partition coefficient (Wildman–Crippen LogP) is 3.11. The number of anilines is 1. The lowest BCUT2D eigenvalue weighted by atomic mass is 10.0. The molecule has 3 heterocycles. The smallest absolute Gasteiger partial charge is 0.270 e. The highest BCUT2D eigenvalue weighted by Crippen LogP contribution is 2.42. The lowest BCUT2D eigenvalue weighted by Gasteiger charge is -2.39. The van der Waals surface area contributed by atoms with E-state index in [0.717, 1.165) is 24.0 Å². The second kappa shape index (κ2) is 7.76. The second-order valence-electron chi connectivity index (χ2n) is 8.28. The number of phenolic OH excluding ortho intramolecular Hbond substituents is 1. The maximum atomic E-state index is 13.7. The number of hydrogen-bond donors (Lipinski definition) is 1. The second-order valence-corrected chi connectivity index (χ2v) is 8.66. The first-order valence-corrected chi connectivity index (χ1v) is 10.9. The molecule has 1 aromatic carbocycles. The highest BCUT2D eigenvalue weighted by atomic mass is 35.5. The van der Waals surface area contributed by atoms with E-state index in [-0.39, 0.29) is 22.9 Å². The van der Waals surface area contributed by atoms with Gasteiger partial charge in [-0.3, -0.25) is 9.69 Å². The minimum Gasteiger partial charge on any atom is -0.507 e. The SMILES string of the molecule is Cn1c(=O)c(C#N)c(N2CCN(C3CCc4cc(F)cc(O)c43)CC2)c2nc(Cl)ccc21. The van der Waals surface area contributed by atoms with Crippen molar-refractivity contribution in [3.63, 3.8) is 0 Å². The molecule has 1 fully saturated rings. The summed E-state index contributed by atoms with van der Waals surface area (Å²) in [5.41, 5.74) is 3.03. The Morgan fingerprint density at radius 3 is 2.72 bits per heavy atom. The number of piperazine rings is 1. The zero-order valence-electron chi connectivity index (χ0n) is 17.5. The van der Waals surface area contributed by atoms with E-state index in [1.165, 1.54) is 16.7 Å². The third kappa shape index (κ3) is 3.20. The van der Waals surface area contributed by atoms with Gasteiger partial charge in [0.2, 0.25) is 0 Å². The summed E-state index contributed by atoms with van der Waals surface area (Å²) in [6, 6.07) is 8.14. The summed E-state index contributed by atoms with van der Waals surface area (Å²) < 4.78 is 15.1. The lowest BCUT2D eigenvalue weighted by Crippen LogP contribution is -2.48. The number of aromatic hydroxyl groups is 1. The van der Waals surface area contributed by atoms with Crippen LogP contribution in [0.4, 0.5) is 10.1 Å². The van der Waals surface area contributed by atoms with Crippen LogP contribution in [0.1, 0.15) is 29.2 Å². The van der Waals surface area contributed by atoms with Crippen molar-refractivity contribution >= 4 is 28.3 Å². The van der Waals surface area contributed by atoms with E-state index in [2.05, 4.69) is 16.0 Å².